The Morgan fingerprint density at radius 2 is 1.31 bits per heavy atom. The van der Waals surface area contributed by atoms with Gasteiger partial charge in [-0.25, -0.2) is 9.59 Å². The first-order valence-electron chi connectivity index (χ1n) is 11.9. The van der Waals surface area contributed by atoms with Crippen LogP contribution in [0.5, 0.6) is 5.75 Å². The van der Waals surface area contributed by atoms with E-state index in [0.29, 0.717) is 45.4 Å². The molecule has 0 unspecified atom stereocenters. The number of nitrogens with one attached hydrogen (secondary N) is 2. The third-order valence-corrected chi connectivity index (χ3v) is 4.42. The van der Waals surface area contributed by atoms with E-state index in [0.717, 1.165) is 5.56 Å². The van der Waals surface area contributed by atoms with Crippen LogP contribution in [0.3, 0.4) is 0 Å². The Morgan fingerprint density at radius 1 is 0.829 bits per heavy atom. The average molecular weight is 492 g/mol. The number of nitrogens with zero attached hydrogens (tertiary/aromatic N) is 1. The second-order valence-corrected chi connectivity index (χ2v) is 10.2. The number of amides is 3. The number of unbranched alkanes of at least 4 members (excludes halogenated alkanes) is 1. The zero-order valence-electron chi connectivity index (χ0n) is 21.8. The van der Waals surface area contributed by atoms with E-state index in [1.165, 1.54) is 6.08 Å². The van der Waals surface area contributed by atoms with Crippen molar-refractivity contribution < 1.29 is 29.0 Å². The molecule has 0 aliphatic heterocycles. The highest BCUT2D eigenvalue weighted by Crippen LogP contribution is 2.11. The molecular formula is C26H41N3O6. The third-order valence-electron chi connectivity index (χ3n) is 4.42. The van der Waals surface area contributed by atoms with Gasteiger partial charge in [0.2, 0.25) is 5.91 Å². The van der Waals surface area contributed by atoms with Crippen LogP contribution in [0.15, 0.2) is 30.3 Å². The zero-order chi connectivity index (χ0) is 26.5. The molecule has 3 N–H and O–H groups in total. The van der Waals surface area contributed by atoms with Gasteiger partial charge in [-0.15, -0.1) is 0 Å². The summed E-state index contributed by atoms with van der Waals surface area (Å²) in [6.45, 7) is 12.6. The SMILES string of the molecule is CC(C)(C)OC(=O)NCCCCN(CCCNC(=O)OC(C)(C)C)C(=O)/C=C/c1ccc(O)cc1. The Bertz CT molecular complexity index is 838. The van der Waals surface area contributed by atoms with Crippen molar-refractivity contribution in [2.45, 2.75) is 72.0 Å². The van der Waals surface area contributed by atoms with Crippen LogP contribution in [0.4, 0.5) is 9.59 Å². The number of carbonyl (C=O) groups excluding carboxylic acids is 3. The molecule has 1 aromatic rings. The fourth-order valence-electron chi connectivity index (χ4n) is 2.90. The molecule has 196 valence electrons. The number of benzene rings is 1. The van der Waals surface area contributed by atoms with Crippen molar-refractivity contribution in [3.05, 3.63) is 35.9 Å². The van der Waals surface area contributed by atoms with Crippen molar-refractivity contribution in [3.63, 3.8) is 0 Å². The van der Waals surface area contributed by atoms with Crippen LogP contribution in [0.25, 0.3) is 6.08 Å². The molecule has 0 saturated heterocycles. The number of phenolic OH excluding ortho intramolecular Hbond substituents is 1. The van der Waals surface area contributed by atoms with E-state index >= 15 is 0 Å². The van der Waals surface area contributed by atoms with Crippen molar-refractivity contribution in [1.29, 1.82) is 0 Å². The summed E-state index contributed by atoms with van der Waals surface area (Å²) in [5, 5.41) is 14.8. The Morgan fingerprint density at radius 3 is 1.83 bits per heavy atom. The molecule has 0 aliphatic carbocycles. The Kier molecular flexibility index (Phi) is 12.1. The lowest BCUT2D eigenvalue weighted by atomic mass is 10.2. The van der Waals surface area contributed by atoms with Crippen LogP contribution in [0.2, 0.25) is 0 Å². The summed E-state index contributed by atoms with van der Waals surface area (Å²) in [5.74, 6) is 0.00280. The van der Waals surface area contributed by atoms with Gasteiger partial charge in [0.1, 0.15) is 17.0 Å². The summed E-state index contributed by atoms with van der Waals surface area (Å²) in [5.41, 5.74) is -0.326. The maximum atomic E-state index is 12.8. The van der Waals surface area contributed by atoms with Crippen molar-refractivity contribution >= 4 is 24.2 Å². The zero-order valence-corrected chi connectivity index (χ0v) is 21.8. The molecule has 0 saturated carbocycles. The largest absolute Gasteiger partial charge is 0.508 e. The first-order valence-corrected chi connectivity index (χ1v) is 11.9. The number of rotatable bonds is 11. The molecule has 0 heterocycles. The van der Waals surface area contributed by atoms with E-state index in [2.05, 4.69) is 10.6 Å². The summed E-state index contributed by atoms with van der Waals surface area (Å²) in [4.78, 5) is 38.1. The minimum Gasteiger partial charge on any atom is -0.508 e. The monoisotopic (exact) mass is 491 g/mol. The molecule has 9 heteroatoms. The van der Waals surface area contributed by atoms with E-state index in [1.54, 1.807) is 76.8 Å². The van der Waals surface area contributed by atoms with Crippen LogP contribution < -0.4 is 10.6 Å². The Hall–Kier alpha value is -3.23. The van der Waals surface area contributed by atoms with Gasteiger partial charge >= 0.3 is 12.2 Å². The smallest absolute Gasteiger partial charge is 0.407 e. The number of alkyl carbamates (subject to hydrolysis) is 2. The standard InChI is InChI=1S/C26H41N3O6/c1-25(2,3)34-23(32)27-16-7-8-18-29(19-9-17-28-24(33)35-26(4,5)6)22(31)15-12-20-10-13-21(30)14-11-20/h10-15,30H,7-9,16-19H2,1-6H3,(H,27,32)(H,28,33)/b15-12+. The van der Waals surface area contributed by atoms with Crippen LogP contribution in [0.1, 0.15) is 66.4 Å². The van der Waals surface area contributed by atoms with E-state index in [-0.39, 0.29) is 11.7 Å². The summed E-state index contributed by atoms with van der Waals surface area (Å²) in [6, 6.07) is 6.55. The van der Waals surface area contributed by atoms with Crippen LogP contribution in [-0.4, -0.2) is 65.5 Å². The molecule has 0 radical (unpaired) electrons. The lowest BCUT2D eigenvalue weighted by Crippen LogP contribution is -2.36. The second kappa shape index (κ2) is 14.2. The maximum Gasteiger partial charge on any atom is 0.407 e. The molecule has 0 aromatic heterocycles. The van der Waals surface area contributed by atoms with E-state index in [9.17, 15) is 19.5 Å². The fraction of sp³-hybridized carbons (Fsp3) is 0.577. The molecule has 9 nitrogen and oxygen atoms in total. The molecule has 0 aliphatic rings. The van der Waals surface area contributed by atoms with Crippen molar-refractivity contribution in [3.8, 4) is 5.75 Å². The molecule has 0 fully saturated rings. The first-order chi connectivity index (χ1) is 16.2. The lowest BCUT2D eigenvalue weighted by molar-refractivity contribution is -0.126. The highest BCUT2D eigenvalue weighted by molar-refractivity contribution is 5.91. The van der Waals surface area contributed by atoms with Crippen LogP contribution in [0, 0.1) is 0 Å². The van der Waals surface area contributed by atoms with Crippen molar-refractivity contribution in [2.75, 3.05) is 26.2 Å². The van der Waals surface area contributed by atoms with Gasteiger partial charge in [-0.05, 0) is 84.6 Å². The third kappa shape index (κ3) is 15.3. The maximum absolute atomic E-state index is 12.8. The summed E-state index contributed by atoms with van der Waals surface area (Å²) >= 11 is 0. The molecule has 1 rings (SSSR count). The molecule has 0 bridgehead atoms. The number of aromatic hydroxyl groups is 1. The molecule has 35 heavy (non-hydrogen) atoms. The average Bonchev–Trinajstić information content (AvgIpc) is 2.71. The summed E-state index contributed by atoms with van der Waals surface area (Å²) in [7, 11) is 0. The number of phenols is 1. The fourth-order valence-corrected chi connectivity index (χ4v) is 2.90. The van der Waals surface area contributed by atoms with Gasteiger partial charge < -0.3 is 30.1 Å². The molecule has 0 atom stereocenters. The predicted octanol–water partition coefficient (Wildman–Crippen LogP) is 4.45. The molecular weight excluding hydrogens is 450 g/mol. The van der Waals surface area contributed by atoms with Gasteiger partial charge in [0.25, 0.3) is 0 Å². The van der Waals surface area contributed by atoms with Gasteiger partial charge in [-0.3, -0.25) is 4.79 Å². The van der Waals surface area contributed by atoms with Crippen molar-refractivity contribution in [2.24, 2.45) is 0 Å². The number of ether oxygens (including phenoxy) is 2. The quantitative estimate of drug-likeness (QED) is 0.311. The van der Waals surface area contributed by atoms with Crippen LogP contribution >= 0.6 is 0 Å². The predicted molar refractivity (Wildman–Crippen MR) is 136 cm³/mol. The topological polar surface area (TPSA) is 117 Å². The van der Waals surface area contributed by atoms with Crippen LogP contribution in [-0.2, 0) is 14.3 Å². The minimum atomic E-state index is -0.571. The van der Waals surface area contributed by atoms with E-state index in [4.69, 9.17) is 9.47 Å². The lowest BCUT2D eigenvalue weighted by Gasteiger charge is -2.23. The summed E-state index contributed by atoms with van der Waals surface area (Å²) in [6.07, 6.45) is 4.17. The molecule has 3 amide bonds. The summed E-state index contributed by atoms with van der Waals surface area (Å²) < 4.78 is 10.4. The minimum absolute atomic E-state index is 0.157. The number of hydrogen-bond donors (Lipinski definition) is 3. The Labute approximate surface area is 208 Å². The highest BCUT2D eigenvalue weighted by Gasteiger charge is 2.17. The molecule has 0 spiro atoms. The number of hydrogen-bond acceptors (Lipinski definition) is 6. The molecule has 1 aromatic carbocycles. The van der Waals surface area contributed by atoms with Gasteiger partial charge in [0.05, 0.1) is 0 Å². The van der Waals surface area contributed by atoms with E-state index in [1.807, 2.05) is 0 Å². The van der Waals surface area contributed by atoms with Gasteiger partial charge in [-0.2, -0.15) is 0 Å². The van der Waals surface area contributed by atoms with Gasteiger partial charge in [-0.1, -0.05) is 12.1 Å². The Balaban J connectivity index is 2.57. The first kappa shape index (κ1) is 29.8. The number of carbonyl (C=O) groups is 3. The second-order valence-electron chi connectivity index (χ2n) is 10.2. The van der Waals surface area contributed by atoms with E-state index < -0.39 is 23.4 Å². The normalized spacial score (nSPS) is 11.7. The van der Waals surface area contributed by atoms with Crippen molar-refractivity contribution in [1.82, 2.24) is 15.5 Å². The van der Waals surface area contributed by atoms with Gasteiger partial charge in [0.15, 0.2) is 0 Å². The highest BCUT2D eigenvalue weighted by atomic mass is 16.6. The van der Waals surface area contributed by atoms with Gasteiger partial charge in [0, 0.05) is 32.3 Å².